The summed E-state index contributed by atoms with van der Waals surface area (Å²) in [6, 6.07) is 15.4. The predicted molar refractivity (Wildman–Crippen MR) is 138 cm³/mol. The van der Waals surface area contributed by atoms with Gasteiger partial charge in [-0.15, -0.1) is 0 Å². The minimum Gasteiger partial charge on any atom is -0.539 e. The van der Waals surface area contributed by atoms with Crippen LogP contribution in [-0.2, 0) is 10.6 Å². The molecule has 1 atom stereocenters. The van der Waals surface area contributed by atoms with Gasteiger partial charge in [-0.2, -0.15) is 13.2 Å². The molecule has 0 N–H and O–H groups in total. The highest BCUT2D eigenvalue weighted by atomic mass is 28.4. The Labute approximate surface area is 198 Å². The van der Waals surface area contributed by atoms with Crippen LogP contribution in [-0.4, -0.2) is 17.1 Å². The summed E-state index contributed by atoms with van der Waals surface area (Å²) in [5.41, 5.74) is 0.0449. The molecule has 1 aliphatic rings. The quantitative estimate of drug-likeness (QED) is 0.274. The van der Waals surface area contributed by atoms with Crippen LogP contribution >= 0.6 is 0 Å². The molecule has 2 aromatic carbocycles. The van der Waals surface area contributed by atoms with Crippen molar-refractivity contribution in [3.05, 3.63) is 96.1 Å². The van der Waals surface area contributed by atoms with Gasteiger partial charge in [0.05, 0.1) is 5.56 Å². The average molecular weight is 487 g/mol. The van der Waals surface area contributed by atoms with Gasteiger partial charge < -0.3 is 4.43 Å². The molecule has 0 heterocycles. The number of allylic oxidation sites excluding steroid dienone is 5. The van der Waals surface area contributed by atoms with Crippen LogP contribution in [0.25, 0.3) is 5.76 Å². The summed E-state index contributed by atoms with van der Waals surface area (Å²) in [5.74, 6) is 0.681. The van der Waals surface area contributed by atoms with Crippen LogP contribution in [0, 0.1) is 0 Å². The van der Waals surface area contributed by atoms with E-state index in [4.69, 9.17) is 4.43 Å². The Morgan fingerprint density at radius 1 is 1.03 bits per heavy atom. The van der Waals surface area contributed by atoms with E-state index < -0.39 is 28.9 Å². The lowest BCUT2D eigenvalue weighted by Gasteiger charge is -2.35. The fraction of sp³-hybridized carbons (Fsp3) is 0.333. The minimum atomic E-state index is -4.35. The summed E-state index contributed by atoms with van der Waals surface area (Å²) in [7, 11) is -3.28. The molecule has 33 heavy (non-hydrogen) atoms. The number of rotatable bonds is 8. The minimum absolute atomic E-state index is 0.225. The maximum Gasteiger partial charge on any atom is 0.416 e. The van der Waals surface area contributed by atoms with Gasteiger partial charge in [0.15, 0.2) is 0 Å². The Morgan fingerprint density at radius 3 is 2.24 bits per heavy atom. The maximum atomic E-state index is 13.1. The highest BCUT2D eigenvalue weighted by Gasteiger charge is 2.33. The standard InChI is InChI=1S/C27H33F3OSi2/c1-32(2)26(19-9-6-10-20-26)21-11-14-25(22-15-17-23(18-16-22)27(28,29)30)31-33(3,4)24-12-7-5-8-13-24/h5-10,12-19,32H,11,20-21H2,1-4H3/b25-14-. The molecule has 0 saturated heterocycles. The molecule has 6 heteroatoms. The van der Waals surface area contributed by atoms with Crippen molar-refractivity contribution in [3.8, 4) is 0 Å². The Balaban J connectivity index is 1.89. The third kappa shape index (κ3) is 6.39. The molecule has 3 rings (SSSR count). The molecule has 176 valence electrons. The second-order valence-corrected chi connectivity index (χ2v) is 16.8. The summed E-state index contributed by atoms with van der Waals surface area (Å²) >= 11 is 0. The molecule has 0 bridgehead atoms. The van der Waals surface area contributed by atoms with Crippen molar-refractivity contribution in [2.75, 3.05) is 0 Å². The zero-order valence-electron chi connectivity index (χ0n) is 19.8. The van der Waals surface area contributed by atoms with Gasteiger partial charge in [-0.25, -0.2) is 0 Å². The molecule has 0 radical (unpaired) electrons. The van der Waals surface area contributed by atoms with Crippen LogP contribution in [0.4, 0.5) is 13.2 Å². The van der Waals surface area contributed by atoms with Gasteiger partial charge in [-0.1, -0.05) is 79.9 Å². The Morgan fingerprint density at radius 2 is 1.70 bits per heavy atom. The van der Waals surface area contributed by atoms with E-state index in [-0.39, 0.29) is 5.04 Å². The molecular formula is C27H33F3OSi2. The summed E-state index contributed by atoms with van der Waals surface area (Å²) in [6.45, 7) is 9.01. The number of benzene rings is 2. The first-order valence-corrected chi connectivity index (χ1v) is 17.3. The number of alkyl halides is 3. The lowest BCUT2D eigenvalue weighted by molar-refractivity contribution is -0.137. The van der Waals surface area contributed by atoms with E-state index in [1.807, 2.05) is 18.2 Å². The first kappa shape index (κ1) is 25.3. The largest absolute Gasteiger partial charge is 0.539 e. The molecule has 0 spiro atoms. The summed E-state index contributed by atoms with van der Waals surface area (Å²) < 4.78 is 45.9. The van der Waals surface area contributed by atoms with Crippen LogP contribution in [0.2, 0.25) is 31.2 Å². The van der Waals surface area contributed by atoms with Crippen molar-refractivity contribution in [1.29, 1.82) is 0 Å². The van der Waals surface area contributed by atoms with E-state index in [2.05, 4.69) is 68.7 Å². The van der Waals surface area contributed by atoms with Gasteiger partial charge in [0.2, 0.25) is 0 Å². The number of halogens is 3. The van der Waals surface area contributed by atoms with E-state index in [1.54, 1.807) is 0 Å². The molecule has 1 aliphatic carbocycles. The van der Waals surface area contributed by atoms with Gasteiger partial charge in [0.25, 0.3) is 8.32 Å². The monoisotopic (exact) mass is 486 g/mol. The van der Waals surface area contributed by atoms with Crippen molar-refractivity contribution in [3.63, 3.8) is 0 Å². The summed E-state index contributed by atoms with van der Waals surface area (Å²) in [6.07, 6.45) is 9.49. The van der Waals surface area contributed by atoms with E-state index in [9.17, 15) is 13.2 Å². The van der Waals surface area contributed by atoms with E-state index >= 15 is 0 Å². The van der Waals surface area contributed by atoms with Gasteiger partial charge in [0, 0.05) is 14.4 Å². The second-order valence-electron chi connectivity index (χ2n) is 9.54. The fourth-order valence-electron chi connectivity index (χ4n) is 4.27. The highest BCUT2D eigenvalue weighted by Crippen LogP contribution is 2.44. The zero-order valence-corrected chi connectivity index (χ0v) is 22.0. The van der Waals surface area contributed by atoms with Crippen molar-refractivity contribution in [2.45, 2.75) is 56.7 Å². The molecule has 0 fully saturated rings. The van der Waals surface area contributed by atoms with Crippen molar-refractivity contribution in [1.82, 2.24) is 0 Å². The zero-order chi connectivity index (χ0) is 24.1. The van der Waals surface area contributed by atoms with Crippen LogP contribution in [0.1, 0.15) is 30.4 Å². The molecule has 2 aromatic rings. The Bertz CT molecular complexity index is 1010. The SMILES string of the molecule is C[SiH](C)C1(CC/C=C(\O[Si](C)(C)c2ccccc2)c2ccc(C(F)(F)F)cc2)C=CC=CC1. The second kappa shape index (κ2) is 10.3. The average Bonchev–Trinajstić information content (AvgIpc) is 2.79. The lowest BCUT2D eigenvalue weighted by Crippen LogP contribution is -2.44. The molecule has 0 amide bonds. The third-order valence-electron chi connectivity index (χ3n) is 6.59. The third-order valence-corrected chi connectivity index (χ3v) is 12.1. The normalized spacial score (nSPS) is 19.2. The topological polar surface area (TPSA) is 9.23 Å². The maximum absolute atomic E-state index is 13.1. The van der Waals surface area contributed by atoms with E-state index in [0.717, 1.165) is 36.6 Å². The molecule has 0 saturated carbocycles. The lowest BCUT2D eigenvalue weighted by atomic mass is 9.93. The molecule has 0 aromatic heterocycles. The predicted octanol–water partition coefficient (Wildman–Crippen LogP) is 7.70. The smallest absolute Gasteiger partial charge is 0.416 e. The van der Waals surface area contributed by atoms with Crippen LogP contribution < -0.4 is 5.19 Å². The van der Waals surface area contributed by atoms with Crippen LogP contribution in [0.5, 0.6) is 0 Å². The fourth-order valence-corrected chi connectivity index (χ4v) is 7.98. The Hall–Kier alpha value is -2.32. The summed E-state index contributed by atoms with van der Waals surface area (Å²) in [4.78, 5) is 0. The van der Waals surface area contributed by atoms with E-state index in [1.165, 1.54) is 12.1 Å². The molecule has 1 unspecified atom stereocenters. The van der Waals surface area contributed by atoms with Gasteiger partial charge in [-0.05, 0) is 60.8 Å². The first-order valence-electron chi connectivity index (χ1n) is 11.5. The first-order chi connectivity index (χ1) is 15.5. The Kier molecular flexibility index (Phi) is 7.90. The number of hydrogen-bond donors (Lipinski definition) is 0. The van der Waals surface area contributed by atoms with Gasteiger partial charge >= 0.3 is 6.18 Å². The van der Waals surface area contributed by atoms with Gasteiger partial charge in [-0.3, -0.25) is 0 Å². The van der Waals surface area contributed by atoms with E-state index in [0.29, 0.717) is 11.3 Å². The molecular weight excluding hydrogens is 453 g/mol. The van der Waals surface area contributed by atoms with Gasteiger partial charge in [0.1, 0.15) is 5.76 Å². The number of hydrogen-bond acceptors (Lipinski definition) is 1. The molecule has 1 nitrogen and oxygen atoms in total. The molecule has 0 aliphatic heterocycles. The van der Waals surface area contributed by atoms with Crippen molar-refractivity contribution >= 4 is 28.1 Å². The van der Waals surface area contributed by atoms with Crippen molar-refractivity contribution < 1.29 is 17.6 Å². The van der Waals surface area contributed by atoms with Crippen LogP contribution in [0.15, 0.2) is 85.0 Å². The summed E-state index contributed by atoms with van der Waals surface area (Å²) in [5, 5.41) is 1.37. The van der Waals surface area contributed by atoms with Crippen LogP contribution in [0.3, 0.4) is 0 Å². The van der Waals surface area contributed by atoms with Crippen molar-refractivity contribution in [2.24, 2.45) is 0 Å². The highest BCUT2D eigenvalue weighted by molar-refractivity contribution is 6.85.